The Morgan fingerprint density at radius 2 is 1.49 bits per heavy atom. The van der Waals surface area contributed by atoms with Gasteiger partial charge in [-0.15, -0.1) is 0 Å². The summed E-state index contributed by atoms with van der Waals surface area (Å²) in [6.07, 6.45) is 1.47. The van der Waals surface area contributed by atoms with E-state index >= 15 is 0 Å². The van der Waals surface area contributed by atoms with Crippen LogP contribution in [0, 0.1) is 0 Å². The molecule has 1 aromatic heterocycles. The average molecular weight is 476 g/mol. The van der Waals surface area contributed by atoms with Crippen molar-refractivity contribution < 1.29 is 4.79 Å². The number of nitrogens with zero attached hydrogens (tertiary/aromatic N) is 4. The lowest BCUT2D eigenvalue weighted by Gasteiger charge is -2.34. The molecule has 0 saturated carbocycles. The zero-order valence-corrected chi connectivity index (χ0v) is 20.2. The maximum atomic E-state index is 12.9. The van der Waals surface area contributed by atoms with Gasteiger partial charge in [0, 0.05) is 51.5 Å². The van der Waals surface area contributed by atoms with Gasteiger partial charge < -0.3 is 10.2 Å². The smallest absolute Gasteiger partial charge is 0.331 e. The fourth-order valence-corrected chi connectivity index (χ4v) is 4.38. The maximum absolute atomic E-state index is 12.9. The van der Waals surface area contributed by atoms with Crippen LogP contribution in [0.5, 0.6) is 0 Å². The Bertz CT molecular complexity index is 1240. The highest BCUT2D eigenvalue weighted by Gasteiger charge is 2.17. The van der Waals surface area contributed by atoms with Gasteiger partial charge in [0.25, 0.3) is 5.56 Å². The van der Waals surface area contributed by atoms with Gasteiger partial charge in [-0.05, 0) is 23.2 Å². The summed E-state index contributed by atoms with van der Waals surface area (Å²) in [5.41, 5.74) is 2.18. The zero-order valence-electron chi connectivity index (χ0n) is 20.2. The Hall–Kier alpha value is -3.49. The Morgan fingerprint density at radius 3 is 2.20 bits per heavy atom. The van der Waals surface area contributed by atoms with Crippen molar-refractivity contribution in [1.29, 1.82) is 0 Å². The number of aromatic nitrogens is 2. The number of carbonyl (C=O) groups excluding carboxylic acids is 1. The number of piperazine rings is 1. The largest absolute Gasteiger partial charge is 0.350 e. The average Bonchev–Trinajstić information content (AvgIpc) is 2.89. The van der Waals surface area contributed by atoms with Gasteiger partial charge in [0.15, 0.2) is 0 Å². The summed E-state index contributed by atoms with van der Waals surface area (Å²) >= 11 is 0. The normalized spacial score (nSPS) is 14.7. The third-order valence-electron chi connectivity index (χ3n) is 6.54. The van der Waals surface area contributed by atoms with E-state index in [0.717, 1.165) is 55.0 Å². The highest BCUT2D eigenvalue weighted by Crippen LogP contribution is 2.13. The fourth-order valence-electron chi connectivity index (χ4n) is 4.38. The SMILES string of the molecule is CCN1CCN(Cc2ccccc2CNC(=O)Cn2c(=O)ccn(Cc3ccccc3)c2=O)CC1. The van der Waals surface area contributed by atoms with Crippen LogP contribution in [0.4, 0.5) is 0 Å². The lowest BCUT2D eigenvalue weighted by molar-refractivity contribution is -0.121. The molecular weight excluding hydrogens is 442 g/mol. The molecule has 1 saturated heterocycles. The lowest BCUT2D eigenvalue weighted by atomic mass is 10.1. The number of rotatable bonds is 9. The molecular formula is C27H33N5O3. The third kappa shape index (κ3) is 6.55. The van der Waals surface area contributed by atoms with Crippen molar-refractivity contribution >= 4 is 5.91 Å². The van der Waals surface area contributed by atoms with Crippen molar-refractivity contribution in [3.8, 4) is 0 Å². The van der Waals surface area contributed by atoms with Crippen molar-refractivity contribution in [2.45, 2.75) is 33.1 Å². The van der Waals surface area contributed by atoms with E-state index < -0.39 is 11.2 Å². The minimum Gasteiger partial charge on any atom is -0.350 e. The van der Waals surface area contributed by atoms with Gasteiger partial charge >= 0.3 is 5.69 Å². The van der Waals surface area contributed by atoms with E-state index in [1.807, 2.05) is 48.5 Å². The summed E-state index contributed by atoms with van der Waals surface area (Å²) in [6, 6.07) is 18.9. The monoisotopic (exact) mass is 475 g/mol. The van der Waals surface area contributed by atoms with Crippen molar-refractivity contribution in [3.63, 3.8) is 0 Å². The van der Waals surface area contributed by atoms with Crippen LogP contribution < -0.4 is 16.6 Å². The van der Waals surface area contributed by atoms with Crippen molar-refractivity contribution in [1.82, 2.24) is 24.3 Å². The molecule has 2 aromatic carbocycles. The first-order chi connectivity index (χ1) is 17.0. The zero-order chi connectivity index (χ0) is 24.6. The first kappa shape index (κ1) is 24.6. The van der Waals surface area contributed by atoms with Gasteiger partial charge in [-0.3, -0.25) is 23.6 Å². The molecule has 35 heavy (non-hydrogen) atoms. The second kappa shape index (κ2) is 11.8. The predicted octanol–water partition coefficient (Wildman–Crippen LogP) is 1.51. The van der Waals surface area contributed by atoms with Crippen LogP contribution in [-0.4, -0.2) is 57.6 Å². The van der Waals surface area contributed by atoms with E-state index in [1.165, 1.54) is 22.4 Å². The van der Waals surface area contributed by atoms with Crippen molar-refractivity contribution in [2.75, 3.05) is 32.7 Å². The Balaban J connectivity index is 1.38. The molecule has 1 amide bonds. The molecule has 2 heterocycles. The van der Waals surface area contributed by atoms with Crippen LogP contribution in [-0.2, 0) is 31.0 Å². The van der Waals surface area contributed by atoms with Crippen LogP contribution in [0.15, 0.2) is 76.4 Å². The summed E-state index contributed by atoms with van der Waals surface area (Å²) in [7, 11) is 0. The quantitative estimate of drug-likeness (QED) is 0.508. The second-order valence-corrected chi connectivity index (χ2v) is 8.89. The fraction of sp³-hybridized carbons (Fsp3) is 0.370. The molecule has 1 fully saturated rings. The topological polar surface area (TPSA) is 79.6 Å². The molecule has 0 atom stereocenters. The Morgan fingerprint density at radius 1 is 0.829 bits per heavy atom. The van der Waals surface area contributed by atoms with Gasteiger partial charge in [0.2, 0.25) is 5.91 Å². The molecule has 0 spiro atoms. The van der Waals surface area contributed by atoms with Gasteiger partial charge in [-0.1, -0.05) is 61.5 Å². The Labute approximate surface area is 205 Å². The number of amides is 1. The molecule has 8 heteroatoms. The summed E-state index contributed by atoms with van der Waals surface area (Å²) < 4.78 is 2.43. The summed E-state index contributed by atoms with van der Waals surface area (Å²) in [5.74, 6) is -0.368. The first-order valence-corrected chi connectivity index (χ1v) is 12.2. The van der Waals surface area contributed by atoms with E-state index in [4.69, 9.17) is 0 Å². The summed E-state index contributed by atoms with van der Waals surface area (Å²) in [4.78, 5) is 42.8. The molecule has 1 N–H and O–H groups in total. The number of hydrogen-bond acceptors (Lipinski definition) is 5. The first-order valence-electron chi connectivity index (χ1n) is 12.2. The molecule has 184 valence electrons. The predicted molar refractivity (Wildman–Crippen MR) is 136 cm³/mol. The molecule has 0 radical (unpaired) electrons. The Kier molecular flexibility index (Phi) is 8.28. The number of hydrogen-bond donors (Lipinski definition) is 1. The van der Waals surface area contributed by atoms with E-state index in [0.29, 0.717) is 13.1 Å². The van der Waals surface area contributed by atoms with Crippen LogP contribution in [0.2, 0.25) is 0 Å². The molecule has 4 rings (SSSR count). The molecule has 1 aliphatic heterocycles. The van der Waals surface area contributed by atoms with Crippen LogP contribution >= 0.6 is 0 Å². The number of likely N-dealkylation sites (N-methyl/N-ethyl adjacent to an activating group) is 1. The lowest BCUT2D eigenvalue weighted by Crippen LogP contribution is -2.45. The van der Waals surface area contributed by atoms with E-state index in [-0.39, 0.29) is 12.5 Å². The molecule has 0 unspecified atom stereocenters. The number of carbonyl (C=O) groups is 1. The highest BCUT2D eigenvalue weighted by atomic mass is 16.2. The maximum Gasteiger partial charge on any atom is 0.331 e. The number of nitrogens with one attached hydrogen (secondary N) is 1. The van der Waals surface area contributed by atoms with E-state index in [1.54, 1.807) is 0 Å². The second-order valence-electron chi connectivity index (χ2n) is 8.89. The van der Waals surface area contributed by atoms with Gasteiger partial charge in [0.1, 0.15) is 6.54 Å². The third-order valence-corrected chi connectivity index (χ3v) is 6.54. The summed E-state index contributed by atoms with van der Waals surface area (Å²) in [6.45, 7) is 8.69. The van der Waals surface area contributed by atoms with Crippen molar-refractivity contribution in [3.05, 3.63) is 104 Å². The summed E-state index contributed by atoms with van der Waals surface area (Å²) in [5, 5.41) is 2.89. The van der Waals surface area contributed by atoms with Gasteiger partial charge in [-0.2, -0.15) is 0 Å². The minimum atomic E-state index is -0.497. The van der Waals surface area contributed by atoms with E-state index in [2.05, 4.69) is 28.1 Å². The van der Waals surface area contributed by atoms with Crippen LogP contribution in [0.25, 0.3) is 0 Å². The molecule has 1 aliphatic rings. The van der Waals surface area contributed by atoms with Crippen LogP contribution in [0.3, 0.4) is 0 Å². The molecule has 0 bridgehead atoms. The van der Waals surface area contributed by atoms with Gasteiger partial charge in [-0.25, -0.2) is 4.79 Å². The number of benzene rings is 2. The van der Waals surface area contributed by atoms with E-state index in [9.17, 15) is 14.4 Å². The highest BCUT2D eigenvalue weighted by molar-refractivity contribution is 5.75. The van der Waals surface area contributed by atoms with Gasteiger partial charge in [0.05, 0.1) is 6.54 Å². The van der Waals surface area contributed by atoms with Crippen molar-refractivity contribution in [2.24, 2.45) is 0 Å². The van der Waals surface area contributed by atoms with Crippen LogP contribution in [0.1, 0.15) is 23.6 Å². The molecule has 3 aromatic rings. The molecule has 8 nitrogen and oxygen atoms in total. The standard InChI is InChI=1S/C27H33N5O3/c1-2-29-14-16-30(17-15-29)20-24-11-7-6-10-23(24)18-28-25(33)21-32-26(34)12-13-31(27(32)35)19-22-8-4-3-5-9-22/h3-13H,2,14-21H2,1H3,(H,28,33). The minimum absolute atomic E-state index is 0.311. The molecule has 0 aliphatic carbocycles.